The number of ether oxygens (including phenoxy) is 1. The number of carbonyl (C=O) groups excluding carboxylic acids is 1. The van der Waals surface area contributed by atoms with Crippen LogP contribution in [0.4, 0.5) is 13.2 Å². The number of fused-ring (bicyclic) bond motifs is 1. The lowest BCUT2D eigenvalue weighted by Crippen LogP contribution is -2.40. The molecule has 2 N–H and O–H groups in total. The summed E-state index contributed by atoms with van der Waals surface area (Å²) in [6, 6.07) is 4.56. The largest absolute Gasteiger partial charge is 0.435 e. The van der Waals surface area contributed by atoms with Gasteiger partial charge in [0.1, 0.15) is 11.3 Å². The summed E-state index contributed by atoms with van der Waals surface area (Å²) in [5.74, 6) is -0.718. The van der Waals surface area contributed by atoms with Crippen LogP contribution in [0, 0.1) is 0 Å². The third-order valence-electron chi connectivity index (χ3n) is 3.90. The normalized spacial score (nSPS) is 19.5. The molecule has 0 radical (unpaired) electrons. The highest BCUT2D eigenvalue weighted by molar-refractivity contribution is 5.95. The molecule has 2 aromatic heterocycles. The number of alkyl halides is 3. The zero-order valence-corrected chi connectivity index (χ0v) is 12.8. The van der Waals surface area contributed by atoms with E-state index in [2.05, 4.69) is 4.98 Å². The third-order valence-corrected chi connectivity index (χ3v) is 3.90. The number of amides is 1. The van der Waals surface area contributed by atoms with Gasteiger partial charge in [0.2, 0.25) is 0 Å². The first-order valence-electron chi connectivity index (χ1n) is 7.57. The molecule has 1 aliphatic rings. The third kappa shape index (κ3) is 3.09. The minimum absolute atomic E-state index is 0.0784. The molecule has 0 aromatic carbocycles. The molecule has 3 rings (SSSR count). The molecule has 1 aliphatic heterocycles. The van der Waals surface area contributed by atoms with E-state index in [0.717, 1.165) is 0 Å². The van der Waals surface area contributed by atoms with Gasteiger partial charge in [-0.2, -0.15) is 13.2 Å². The van der Waals surface area contributed by atoms with Crippen molar-refractivity contribution in [2.45, 2.75) is 18.7 Å². The second kappa shape index (κ2) is 6.40. The van der Waals surface area contributed by atoms with Gasteiger partial charge in [-0.25, -0.2) is 4.98 Å². The smallest absolute Gasteiger partial charge is 0.375 e. The van der Waals surface area contributed by atoms with Crippen LogP contribution in [-0.4, -0.2) is 52.5 Å². The topological polar surface area (TPSA) is 72.9 Å². The first-order valence-corrected chi connectivity index (χ1v) is 7.57. The Hall–Kier alpha value is -2.13. The Kier molecular flexibility index (Phi) is 4.46. The van der Waals surface area contributed by atoms with Crippen LogP contribution >= 0.6 is 0 Å². The quantitative estimate of drug-likeness (QED) is 0.899. The van der Waals surface area contributed by atoms with Crippen molar-refractivity contribution in [2.24, 2.45) is 5.73 Å². The van der Waals surface area contributed by atoms with Crippen molar-refractivity contribution in [3.8, 4) is 0 Å². The van der Waals surface area contributed by atoms with Crippen molar-refractivity contribution in [3.05, 3.63) is 35.8 Å². The minimum atomic E-state index is -4.72. The summed E-state index contributed by atoms with van der Waals surface area (Å²) < 4.78 is 46.7. The maximum Gasteiger partial charge on any atom is 0.435 e. The fourth-order valence-electron chi connectivity index (χ4n) is 2.77. The van der Waals surface area contributed by atoms with Gasteiger partial charge in [0, 0.05) is 32.4 Å². The molecule has 0 bridgehead atoms. The number of rotatable bonds is 2. The first-order chi connectivity index (χ1) is 11.4. The molecule has 0 spiro atoms. The highest BCUT2D eigenvalue weighted by atomic mass is 19.4. The van der Waals surface area contributed by atoms with Crippen LogP contribution in [0.5, 0.6) is 0 Å². The fraction of sp³-hybridized carbons (Fsp3) is 0.467. The molecular formula is C15H17F3N4O2. The number of hydrogen-bond donors (Lipinski definition) is 1. The van der Waals surface area contributed by atoms with E-state index in [1.165, 1.54) is 21.6 Å². The lowest BCUT2D eigenvalue weighted by Gasteiger charge is -2.23. The van der Waals surface area contributed by atoms with Gasteiger partial charge in [0.25, 0.3) is 5.91 Å². The molecule has 1 unspecified atom stereocenters. The van der Waals surface area contributed by atoms with Crippen molar-refractivity contribution in [3.63, 3.8) is 0 Å². The SMILES string of the molecule is NCC1CN(C(=O)c2c(C(F)(F)F)nc3ccccn23)CCCO1. The number of nitrogens with two attached hydrogens (primary N) is 1. The summed E-state index contributed by atoms with van der Waals surface area (Å²) in [4.78, 5) is 17.8. The molecule has 1 amide bonds. The molecule has 0 aliphatic carbocycles. The summed E-state index contributed by atoms with van der Waals surface area (Å²) in [6.07, 6.45) is -3.16. The fourth-order valence-corrected chi connectivity index (χ4v) is 2.77. The Morgan fingerprint density at radius 1 is 1.42 bits per heavy atom. The Balaban J connectivity index is 2.05. The molecule has 1 fully saturated rings. The van der Waals surface area contributed by atoms with Crippen LogP contribution in [-0.2, 0) is 10.9 Å². The summed E-state index contributed by atoms with van der Waals surface area (Å²) in [6.45, 7) is 1.09. The van der Waals surface area contributed by atoms with E-state index in [0.29, 0.717) is 19.6 Å². The van der Waals surface area contributed by atoms with Gasteiger partial charge in [-0.15, -0.1) is 0 Å². The Morgan fingerprint density at radius 3 is 2.92 bits per heavy atom. The van der Waals surface area contributed by atoms with Gasteiger partial charge in [-0.1, -0.05) is 6.07 Å². The van der Waals surface area contributed by atoms with E-state index in [1.54, 1.807) is 12.1 Å². The van der Waals surface area contributed by atoms with Crippen LogP contribution in [0.3, 0.4) is 0 Å². The van der Waals surface area contributed by atoms with Crippen LogP contribution in [0.15, 0.2) is 24.4 Å². The lowest BCUT2D eigenvalue weighted by atomic mass is 10.2. The average Bonchev–Trinajstić information content (AvgIpc) is 2.78. The van der Waals surface area contributed by atoms with Crippen molar-refractivity contribution in [2.75, 3.05) is 26.2 Å². The van der Waals surface area contributed by atoms with Gasteiger partial charge in [0.05, 0.1) is 6.10 Å². The monoisotopic (exact) mass is 342 g/mol. The van der Waals surface area contributed by atoms with E-state index in [9.17, 15) is 18.0 Å². The number of carbonyl (C=O) groups is 1. The van der Waals surface area contributed by atoms with E-state index < -0.39 is 23.5 Å². The van der Waals surface area contributed by atoms with Crippen LogP contribution in [0.1, 0.15) is 22.6 Å². The number of aromatic nitrogens is 2. The predicted octanol–water partition coefficient (Wildman–Crippen LogP) is 1.54. The van der Waals surface area contributed by atoms with Gasteiger partial charge < -0.3 is 15.4 Å². The molecule has 130 valence electrons. The van der Waals surface area contributed by atoms with E-state index in [1.807, 2.05) is 0 Å². The van der Waals surface area contributed by atoms with Gasteiger partial charge in [-0.05, 0) is 18.6 Å². The molecule has 6 nitrogen and oxygen atoms in total. The number of halogens is 3. The number of nitrogens with zero attached hydrogens (tertiary/aromatic N) is 3. The van der Waals surface area contributed by atoms with Gasteiger partial charge in [0.15, 0.2) is 5.69 Å². The molecule has 2 aromatic rings. The van der Waals surface area contributed by atoms with Gasteiger partial charge >= 0.3 is 6.18 Å². The Morgan fingerprint density at radius 2 is 2.21 bits per heavy atom. The highest BCUT2D eigenvalue weighted by Crippen LogP contribution is 2.32. The van der Waals surface area contributed by atoms with Crippen molar-refractivity contribution in [1.82, 2.24) is 14.3 Å². The molecule has 1 saturated heterocycles. The molecule has 24 heavy (non-hydrogen) atoms. The second-order valence-electron chi connectivity index (χ2n) is 5.57. The Bertz CT molecular complexity index is 744. The minimum Gasteiger partial charge on any atom is -0.375 e. The van der Waals surface area contributed by atoms with Crippen LogP contribution in [0.2, 0.25) is 0 Å². The van der Waals surface area contributed by atoms with E-state index >= 15 is 0 Å². The standard InChI is InChI=1S/C15H17F3N4O2/c16-15(17,18)13-12(22-6-2-1-4-11(22)20-13)14(23)21-5-3-7-24-10(8-19)9-21/h1-2,4,6,10H,3,5,7-9,19H2. The molecule has 3 heterocycles. The van der Waals surface area contributed by atoms with Crippen molar-refractivity contribution >= 4 is 11.6 Å². The summed E-state index contributed by atoms with van der Waals surface area (Å²) in [5, 5.41) is 0. The highest BCUT2D eigenvalue weighted by Gasteiger charge is 2.41. The number of pyridine rings is 1. The summed E-state index contributed by atoms with van der Waals surface area (Å²) >= 11 is 0. The average molecular weight is 342 g/mol. The molecule has 9 heteroatoms. The lowest BCUT2D eigenvalue weighted by molar-refractivity contribution is -0.141. The number of imidazole rings is 1. The van der Waals surface area contributed by atoms with E-state index in [-0.39, 0.29) is 24.8 Å². The predicted molar refractivity (Wildman–Crippen MR) is 79.5 cm³/mol. The van der Waals surface area contributed by atoms with Crippen molar-refractivity contribution < 1.29 is 22.7 Å². The molecule has 0 saturated carbocycles. The summed E-state index contributed by atoms with van der Waals surface area (Å²) in [7, 11) is 0. The van der Waals surface area contributed by atoms with Crippen LogP contribution < -0.4 is 5.73 Å². The maximum atomic E-state index is 13.3. The maximum absolute atomic E-state index is 13.3. The Labute approximate surface area is 136 Å². The summed E-state index contributed by atoms with van der Waals surface area (Å²) in [5.41, 5.74) is 4.01. The van der Waals surface area contributed by atoms with Crippen LogP contribution in [0.25, 0.3) is 5.65 Å². The number of hydrogen-bond acceptors (Lipinski definition) is 4. The zero-order chi connectivity index (χ0) is 17.3. The van der Waals surface area contributed by atoms with E-state index in [4.69, 9.17) is 10.5 Å². The second-order valence-corrected chi connectivity index (χ2v) is 5.57. The zero-order valence-electron chi connectivity index (χ0n) is 12.8. The van der Waals surface area contributed by atoms with Gasteiger partial charge in [-0.3, -0.25) is 9.20 Å². The molecular weight excluding hydrogens is 325 g/mol. The first kappa shape index (κ1) is 16.7. The van der Waals surface area contributed by atoms with Crippen molar-refractivity contribution in [1.29, 1.82) is 0 Å². The molecule has 1 atom stereocenters.